The number of fused-ring (bicyclic) bond motifs is 1. The summed E-state index contributed by atoms with van der Waals surface area (Å²) in [6.07, 6.45) is 3.33. The second kappa shape index (κ2) is 9.37. The zero-order valence-electron chi connectivity index (χ0n) is 19.7. The van der Waals surface area contributed by atoms with E-state index >= 15 is 0 Å². The van der Waals surface area contributed by atoms with Crippen LogP contribution in [0.1, 0.15) is 66.3 Å². The van der Waals surface area contributed by atoms with Gasteiger partial charge in [0.05, 0.1) is 12.5 Å². The van der Waals surface area contributed by atoms with Crippen molar-refractivity contribution in [1.29, 1.82) is 0 Å². The standard InChI is InChI=1S/C26H29ClN2O5/c1-4-34-25(33)16-9-11-28(12-10-16)23(31)22-19-13-26(2,3)14-21(30)20(19)15-29(24(22)32)18-7-5-17(27)6-8-18/h5-8,15-16H,4,9-14H2,1-3H3. The summed E-state index contributed by atoms with van der Waals surface area (Å²) in [5.41, 5.74) is 0.708. The molecule has 0 bridgehead atoms. The number of ether oxygens (including phenoxy) is 1. The number of rotatable bonds is 4. The Morgan fingerprint density at radius 3 is 2.35 bits per heavy atom. The molecule has 0 radical (unpaired) electrons. The molecule has 2 heterocycles. The van der Waals surface area contributed by atoms with E-state index in [4.69, 9.17) is 16.3 Å². The molecule has 7 nitrogen and oxygen atoms in total. The third-order valence-electron chi connectivity index (χ3n) is 6.63. The van der Waals surface area contributed by atoms with Crippen molar-refractivity contribution in [3.63, 3.8) is 0 Å². The van der Waals surface area contributed by atoms with Crippen molar-refractivity contribution < 1.29 is 19.1 Å². The summed E-state index contributed by atoms with van der Waals surface area (Å²) < 4.78 is 6.49. The third kappa shape index (κ3) is 4.67. The highest BCUT2D eigenvalue weighted by Crippen LogP contribution is 2.36. The summed E-state index contributed by atoms with van der Waals surface area (Å²) in [5, 5.41) is 0.522. The van der Waals surface area contributed by atoms with Gasteiger partial charge in [-0.25, -0.2) is 0 Å². The van der Waals surface area contributed by atoms with Gasteiger partial charge >= 0.3 is 5.97 Å². The lowest BCUT2D eigenvalue weighted by Crippen LogP contribution is -2.44. The molecule has 4 rings (SSSR count). The Morgan fingerprint density at radius 1 is 1.09 bits per heavy atom. The number of ketones is 1. The number of piperidine rings is 1. The van der Waals surface area contributed by atoms with Gasteiger partial charge in [-0.05, 0) is 61.4 Å². The largest absolute Gasteiger partial charge is 0.466 e. The SMILES string of the molecule is CCOC(=O)C1CCN(C(=O)c2c3c(cn(-c4ccc(Cl)cc4)c2=O)C(=O)CC(C)(C)C3)CC1. The molecular weight excluding hydrogens is 456 g/mol. The van der Waals surface area contributed by atoms with Gasteiger partial charge < -0.3 is 9.64 Å². The summed E-state index contributed by atoms with van der Waals surface area (Å²) in [7, 11) is 0. The van der Waals surface area contributed by atoms with Crippen molar-refractivity contribution in [2.75, 3.05) is 19.7 Å². The quantitative estimate of drug-likeness (QED) is 0.611. The van der Waals surface area contributed by atoms with Crippen molar-refractivity contribution in [2.24, 2.45) is 11.3 Å². The molecule has 0 unspecified atom stereocenters. The van der Waals surface area contributed by atoms with Crippen molar-refractivity contribution in [3.8, 4) is 5.69 Å². The number of carbonyl (C=O) groups excluding carboxylic acids is 3. The van der Waals surface area contributed by atoms with E-state index in [9.17, 15) is 19.2 Å². The van der Waals surface area contributed by atoms with Crippen LogP contribution in [-0.2, 0) is 16.0 Å². The summed E-state index contributed by atoms with van der Waals surface area (Å²) in [6.45, 7) is 6.73. The van der Waals surface area contributed by atoms with E-state index in [1.54, 1.807) is 42.3 Å². The summed E-state index contributed by atoms with van der Waals surface area (Å²) >= 11 is 6.01. The normalized spacial score (nSPS) is 17.9. The molecule has 2 aliphatic rings. The maximum Gasteiger partial charge on any atom is 0.309 e. The molecular formula is C26H29ClN2O5. The number of amides is 1. The van der Waals surface area contributed by atoms with Crippen LogP contribution in [0.25, 0.3) is 5.69 Å². The highest BCUT2D eigenvalue weighted by molar-refractivity contribution is 6.30. The lowest BCUT2D eigenvalue weighted by atomic mass is 9.73. The van der Waals surface area contributed by atoms with Gasteiger partial charge in [0.1, 0.15) is 5.56 Å². The van der Waals surface area contributed by atoms with Crippen LogP contribution >= 0.6 is 11.6 Å². The van der Waals surface area contributed by atoms with Gasteiger partial charge in [0.25, 0.3) is 11.5 Å². The van der Waals surface area contributed by atoms with Gasteiger partial charge in [-0.2, -0.15) is 0 Å². The van der Waals surface area contributed by atoms with Crippen molar-refractivity contribution in [2.45, 2.75) is 46.5 Å². The first-order valence-corrected chi connectivity index (χ1v) is 12.0. The number of aromatic nitrogens is 1. The van der Waals surface area contributed by atoms with Gasteiger partial charge in [0.15, 0.2) is 5.78 Å². The predicted molar refractivity (Wildman–Crippen MR) is 129 cm³/mol. The van der Waals surface area contributed by atoms with E-state index in [1.165, 1.54) is 4.57 Å². The van der Waals surface area contributed by atoms with Crippen LogP contribution in [0.2, 0.25) is 5.02 Å². The fraction of sp³-hybridized carbons (Fsp3) is 0.462. The molecule has 0 N–H and O–H groups in total. The first kappa shape index (κ1) is 24.2. The van der Waals surface area contributed by atoms with Gasteiger partial charge in [-0.3, -0.25) is 23.7 Å². The molecule has 8 heteroatoms. The highest BCUT2D eigenvalue weighted by Gasteiger charge is 2.38. The van der Waals surface area contributed by atoms with E-state index < -0.39 is 11.5 Å². The molecule has 1 aliphatic heterocycles. The number of halogens is 1. The molecule has 0 atom stereocenters. The molecule has 1 aromatic carbocycles. The average Bonchev–Trinajstić information content (AvgIpc) is 2.79. The molecule has 1 fully saturated rings. The van der Waals surface area contributed by atoms with Gasteiger partial charge in [-0.1, -0.05) is 25.4 Å². The highest BCUT2D eigenvalue weighted by atomic mass is 35.5. The zero-order valence-corrected chi connectivity index (χ0v) is 20.5. The smallest absolute Gasteiger partial charge is 0.309 e. The Balaban J connectivity index is 1.76. The molecule has 1 amide bonds. The van der Waals surface area contributed by atoms with E-state index in [0.717, 1.165) is 0 Å². The number of Topliss-reactive ketones (excluding diaryl/α,β-unsaturated/α-hetero) is 1. The monoisotopic (exact) mass is 484 g/mol. The molecule has 180 valence electrons. The number of nitrogens with zero attached hydrogens (tertiary/aromatic N) is 2. The van der Waals surface area contributed by atoms with Gasteiger partial charge in [0, 0.05) is 42.0 Å². The lowest BCUT2D eigenvalue weighted by Gasteiger charge is -2.34. The minimum Gasteiger partial charge on any atom is -0.466 e. The van der Waals surface area contributed by atoms with Crippen molar-refractivity contribution in [3.05, 3.63) is 62.5 Å². The van der Waals surface area contributed by atoms with Crippen LogP contribution in [0.5, 0.6) is 0 Å². The predicted octanol–water partition coefficient (Wildman–Crippen LogP) is 4.06. The summed E-state index contributed by atoms with van der Waals surface area (Å²) in [5.74, 6) is -0.967. The lowest BCUT2D eigenvalue weighted by molar-refractivity contribution is -0.149. The Kier molecular flexibility index (Phi) is 6.67. The molecule has 2 aromatic rings. The van der Waals surface area contributed by atoms with Crippen LogP contribution in [0, 0.1) is 11.3 Å². The fourth-order valence-corrected chi connectivity index (χ4v) is 5.02. The Morgan fingerprint density at radius 2 is 1.74 bits per heavy atom. The van der Waals surface area contributed by atoms with Crippen LogP contribution in [-0.4, -0.2) is 46.8 Å². The van der Waals surface area contributed by atoms with Gasteiger partial charge in [-0.15, -0.1) is 0 Å². The van der Waals surface area contributed by atoms with Crippen LogP contribution in [0.4, 0.5) is 0 Å². The second-order valence-electron chi connectivity index (χ2n) is 9.81. The first-order chi connectivity index (χ1) is 16.1. The molecule has 34 heavy (non-hydrogen) atoms. The number of hydrogen-bond donors (Lipinski definition) is 0. The molecule has 1 aromatic heterocycles. The topological polar surface area (TPSA) is 85.7 Å². The molecule has 1 aliphatic carbocycles. The Bertz CT molecular complexity index is 1190. The van der Waals surface area contributed by atoms with Crippen molar-refractivity contribution >= 4 is 29.3 Å². The summed E-state index contributed by atoms with van der Waals surface area (Å²) in [6, 6.07) is 6.70. The third-order valence-corrected chi connectivity index (χ3v) is 6.89. The number of hydrogen-bond acceptors (Lipinski definition) is 5. The minimum atomic E-state index is -0.455. The number of benzene rings is 1. The maximum atomic E-state index is 13.7. The number of carbonyl (C=O) groups is 3. The van der Waals surface area contributed by atoms with Crippen LogP contribution < -0.4 is 5.56 Å². The van der Waals surface area contributed by atoms with E-state index in [-0.39, 0.29) is 28.6 Å². The van der Waals surface area contributed by atoms with Gasteiger partial charge in [0.2, 0.25) is 0 Å². The van der Waals surface area contributed by atoms with E-state index in [2.05, 4.69) is 0 Å². The second-order valence-corrected chi connectivity index (χ2v) is 10.2. The number of esters is 1. The minimum absolute atomic E-state index is 0.0446. The summed E-state index contributed by atoms with van der Waals surface area (Å²) in [4.78, 5) is 54.2. The first-order valence-electron chi connectivity index (χ1n) is 11.6. The maximum absolute atomic E-state index is 13.7. The number of pyridine rings is 1. The Hall–Kier alpha value is -2.93. The number of likely N-dealkylation sites (tertiary alicyclic amines) is 1. The van der Waals surface area contributed by atoms with Crippen molar-refractivity contribution in [1.82, 2.24) is 9.47 Å². The zero-order chi connectivity index (χ0) is 24.6. The van der Waals surface area contributed by atoms with Crippen LogP contribution in [0.15, 0.2) is 35.3 Å². The molecule has 0 spiro atoms. The Labute approximate surface area is 203 Å². The molecule has 0 saturated carbocycles. The molecule has 1 saturated heterocycles. The van der Waals surface area contributed by atoms with Crippen LogP contribution in [0.3, 0.4) is 0 Å². The average molecular weight is 485 g/mol. The fourth-order valence-electron chi connectivity index (χ4n) is 4.90. The van der Waals surface area contributed by atoms with E-state index in [1.807, 2.05) is 13.8 Å². The van der Waals surface area contributed by atoms with E-state index in [0.29, 0.717) is 67.2 Å².